The molecule has 0 saturated heterocycles. The average Bonchev–Trinajstić information content (AvgIpc) is 2.35. The molecule has 0 fully saturated rings. The van der Waals surface area contributed by atoms with Crippen molar-refractivity contribution in [1.82, 2.24) is 0 Å². The van der Waals surface area contributed by atoms with Crippen molar-refractivity contribution in [1.29, 1.82) is 0 Å². The molecule has 0 amide bonds. The Kier molecular flexibility index (Phi) is 5.42. The lowest BCUT2D eigenvalue weighted by Crippen LogP contribution is -2.39. The van der Waals surface area contributed by atoms with Crippen molar-refractivity contribution < 1.29 is 32.6 Å². The maximum atomic E-state index is 12.5. The van der Waals surface area contributed by atoms with Gasteiger partial charge in [-0.1, -0.05) is 12.1 Å². The molecule has 23 heavy (non-hydrogen) atoms. The van der Waals surface area contributed by atoms with Crippen molar-refractivity contribution in [2.75, 3.05) is 0 Å². The van der Waals surface area contributed by atoms with Crippen LogP contribution in [0.25, 0.3) is 0 Å². The average molecular weight is 333 g/mol. The van der Waals surface area contributed by atoms with Crippen molar-refractivity contribution in [3.8, 4) is 0 Å². The Labute approximate surface area is 131 Å². The van der Waals surface area contributed by atoms with Gasteiger partial charge in [-0.3, -0.25) is 9.59 Å². The first kappa shape index (κ1) is 19.0. The minimum Gasteiger partial charge on any atom is -0.481 e. The van der Waals surface area contributed by atoms with Gasteiger partial charge in [0.25, 0.3) is 0 Å². The number of carboxylic acids is 1. The van der Waals surface area contributed by atoms with E-state index in [2.05, 4.69) is 0 Å². The number of halogens is 3. The van der Waals surface area contributed by atoms with Crippen LogP contribution in [0.2, 0.25) is 0 Å². The molecule has 0 radical (unpaired) electrons. The lowest BCUT2D eigenvalue weighted by atomic mass is 9.93. The van der Waals surface area contributed by atoms with Crippen molar-refractivity contribution in [3.05, 3.63) is 35.4 Å². The van der Waals surface area contributed by atoms with Gasteiger partial charge >= 0.3 is 18.1 Å². The molecule has 1 aromatic carbocycles. The van der Waals surface area contributed by atoms with Crippen LogP contribution in [0, 0.1) is 5.92 Å². The van der Waals surface area contributed by atoms with E-state index in [9.17, 15) is 27.9 Å². The topological polar surface area (TPSA) is 89.6 Å². The fraction of sp³-hybridized carbons (Fsp3) is 0.467. The molecule has 0 bridgehead atoms. The summed E-state index contributed by atoms with van der Waals surface area (Å²) < 4.78 is 42.6. The molecule has 0 saturated carbocycles. The number of ether oxygens (including phenoxy) is 1. The summed E-state index contributed by atoms with van der Waals surface area (Å²) in [4.78, 5) is 23.3. The number of hydrogen-bond acceptors (Lipinski definition) is 4. The monoisotopic (exact) mass is 333 g/mol. The SMILES string of the molecule is CC(C)(C)OC(=O)C(C(=O)O)C(N)c1ccc(C(F)(F)F)cc1. The highest BCUT2D eigenvalue weighted by Crippen LogP contribution is 2.31. The number of carboxylic acid groups (broad SMARTS) is 1. The molecular weight excluding hydrogens is 315 g/mol. The first-order chi connectivity index (χ1) is 10.3. The largest absolute Gasteiger partial charge is 0.481 e. The fourth-order valence-corrected chi connectivity index (χ4v) is 1.85. The Morgan fingerprint density at radius 1 is 1.13 bits per heavy atom. The van der Waals surface area contributed by atoms with Gasteiger partial charge in [0.2, 0.25) is 0 Å². The van der Waals surface area contributed by atoms with Crippen molar-refractivity contribution in [3.63, 3.8) is 0 Å². The molecule has 128 valence electrons. The predicted octanol–water partition coefficient (Wildman–Crippen LogP) is 2.75. The molecule has 0 heterocycles. The molecule has 0 aliphatic rings. The van der Waals surface area contributed by atoms with Gasteiger partial charge < -0.3 is 15.6 Å². The summed E-state index contributed by atoms with van der Waals surface area (Å²) >= 11 is 0. The van der Waals surface area contributed by atoms with Gasteiger partial charge in [-0.25, -0.2) is 0 Å². The van der Waals surface area contributed by atoms with Gasteiger partial charge in [0.05, 0.1) is 11.6 Å². The summed E-state index contributed by atoms with van der Waals surface area (Å²) in [7, 11) is 0. The summed E-state index contributed by atoms with van der Waals surface area (Å²) in [5, 5.41) is 9.20. The minimum absolute atomic E-state index is 0.0938. The number of esters is 1. The normalized spacial score (nSPS) is 14.9. The summed E-state index contributed by atoms with van der Waals surface area (Å²) in [5.41, 5.74) is 4.05. The van der Waals surface area contributed by atoms with E-state index < -0.39 is 41.2 Å². The minimum atomic E-state index is -4.51. The van der Waals surface area contributed by atoms with E-state index in [4.69, 9.17) is 10.5 Å². The molecule has 0 spiro atoms. The number of aliphatic carboxylic acids is 1. The molecule has 3 N–H and O–H groups in total. The fourth-order valence-electron chi connectivity index (χ4n) is 1.85. The van der Waals surface area contributed by atoms with E-state index in [1.165, 1.54) is 0 Å². The molecule has 1 aromatic rings. The van der Waals surface area contributed by atoms with E-state index in [0.717, 1.165) is 24.3 Å². The smallest absolute Gasteiger partial charge is 0.416 e. The maximum Gasteiger partial charge on any atom is 0.416 e. The van der Waals surface area contributed by atoms with Gasteiger partial charge in [0, 0.05) is 0 Å². The zero-order valence-corrected chi connectivity index (χ0v) is 12.8. The van der Waals surface area contributed by atoms with Crippen LogP contribution in [-0.4, -0.2) is 22.6 Å². The number of rotatable bonds is 4. The van der Waals surface area contributed by atoms with E-state index in [0.29, 0.717) is 0 Å². The number of nitrogens with two attached hydrogens (primary N) is 1. The highest BCUT2D eigenvalue weighted by Gasteiger charge is 2.37. The van der Waals surface area contributed by atoms with Gasteiger partial charge in [0.1, 0.15) is 5.60 Å². The lowest BCUT2D eigenvalue weighted by molar-refractivity contribution is -0.167. The van der Waals surface area contributed by atoms with Crippen LogP contribution >= 0.6 is 0 Å². The first-order valence-electron chi connectivity index (χ1n) is 6.71. The second-order valence-corrected chi connectivity index (χ2v) is 5.99. The molecule has 0 aromatic heterocycles. The standard InChI is InChI=1S/C15H18F3NO4/c1-14(2,3)23-13(22)10(12(20)21)11(19)8-4-6-9(7-5-8)15(16,17)18/h4-7,10-11H,19H2,1-3H3,(H,20,21). The van der Waals surface area contributed by atoms with Gasteiger partial charge in [-0.15, -0.1) is 0 Å². The molecule has 0 aliphatic carbocycles. The van der Waals surface area contributed by atoms with Crippen LogP contribution in [-0.2, 0) is 20.5 Å². The predicted molar refractivity (Wildman–Crippen MR) is 75.3 cm³/mol. The van der Waals surface area contributed by atoms with Crippen LogP contribution in [0.5, 0.6) is 0 Å². The molecular formula is C15H18F3NO4. The van der Waals surface area contributed by atoms with E-state index >= 15 is 0 Å². The van der Waals surface area contributed by atoms with E-state index in [-0.39, 0.29) is 5.56 Å². The number of carbonyl (C=O) groups excluding carboxylic acids is 1. The second-order valence-electron chi connectivity index (χ2n) is 5.99. The Bertz CT molecular complexity index is 576. The quantitative estimate of drug-likeness (QED) is 0.653. The molecule has 1 rings (SSSR count). The van der Waals surface area contributed by atoms with Crippen molar-refractivity contribution in [2.45, 2.75) is 38.6 Å². The van der Waals surface area contributed by atoms with Crippen molar-refractivity contribution in [2.24, 2.45) is 11.7 Å². The summed E-state index contributed by atoms with van der Waals surface area (Å²) in [6, 6.07) is 2.33. The van der Waals surface area contributed by atoms with E-state index in [1.54, 1.807) is 20.8 Å². The highest BCUT2D eigenvalue weighted by molar-refractivity contribution is 5.95. The third-order valence-corrected chi connectivity index (χ3v) is 2.91. The van der Waals surface area contributed by atoms with Crippen LogP contribution < -0.4 is 5.73 Å². The van der Waals surface area contributed by atoms with Crippen LogP contribution in [0.4, 0.5) is 13.2 Å². The molecule has 5 nitrogen and oxygen atoms in total. The molecule has 2 unspecified atom stereocenters. The lowest BCUT2D eigenvalue weighted by Gasteiger charge is -2.25. The zero-order chi connectivity index (χ0) is 18.0. The summed E-state index contributed by atoms with van der Waals surface area (Å²) in [6.45, 7) is 4.69. The van der Waals surface area contributed by atoms with Gasteiger partial charge in [-0.2, -0.15) is 13.2 Å². The molecule has 2 atom stereocenters. The molecule has 0 aliphatic heterocycles. The zero-order valence-electron chi connectivity index (χ0n) is 12.8. The third-order valence-electron chi connectivity index (χ3n) is 2.91. The first-order valence-corrected chi connectivity index (χ1v) is 6.71. The Morgan fingerprint density at radius 2 is 1.61 bits per heavy atom. The van der Waals surface area contributed by atoms with Crippen LogP contribution in [0.1, 0.15) is 37.9 Å². The Morgan fingerprint density at radius 3 is 1.96 bits per heavy atom. The second kappa shape index (κ2) is 6.57. The van der Waals surface area contributed by atoms with Gasteiger partial charge in [-0.05, 0) is 38.5 Å². The Balaban J connectivity index is 3.05. The Hall–Kier alpha value is -2.09. The highest BCUT2D eigenvalue weighted by atomic mass is 19.4. The maximum absolute atomic E-state index is 12.5. The van der Waals surface area contributed by atoms with Gasteiger partial charge in [0.15, 0.2) is 5.92 Å². The summed E-state index contributed by atoms with van der Waals surface area (Å²) in [6.07, 6.45) is -4.51. The summed E-state index contributed by atoms with van der Waals surface area (Å²) in [5.74, 6) is -4.27. The van der Waals surface area contributed by atoms with Crippen molar-refractivity contribution >= 4 is 11.9 Å². The number of alkyl halides is 3. The third kappa shape index (κ3) is 5.24. The number of benzene rings is 1. The number of hydrogen-bond donors (Lipinski definition) is 2. The molecule has 8 heteroatoms. The number of carbonyl (C=O) groups is 2. The van der Waals surface area contributed by atoms with E-state index in [1.807, 2.05) is 0 Å². The van der Waals surface area contributed by atoms with Crippen LogP contribution in [0.3, 0.4) is 0 Å². The van der Waals surface area contributed by atoms with Crippen LogP contribution in [0.15, 0.2) is 24.3 Å².